The van der Waals surface area contributed by atoms with E-state index >= 15 is 0 Å². The number of aliphatic imine (C=N–C) groups is 1. The summed E-state index contributed by atoms with van der Waals surface area (Å²) in [5.74, 6) is 1.46. The molecule has 1 aromatic carbocycles. The first-order valence-corrected chi connectivity index (χ1v) is 9.52. The van der Waals surface area contributed by atoms with Crippen molar-refractivity contribution >= 4 is 35.2 Å². The van der Waals surface area contributed by atoms with Gasteiger partial charge in [0.1, 0.15) is 10.6 Å². The molecule has 1 aliphatic carbocycles. The van der Waals surface area contributed by atoms with E-state index in [9.17, 15) is 0 Å². The van der Waals surface area contributed by atoms with Crippen LogP contribution in [0, 0.1) is 13.8 Å². The maximum Gasteiger partial charge on any atom is 0.298 e. The minimum atomic E-state index is -0.357. The Kier molecular flexibility index (Phi) is 5.02. The summed E-state index contributed by atoms with van der Waals surface area (Å²) in [5.41, 5.74) is 3.00. The third-order valence-electron chi connectivity index (χ3n) is 4.38. The van der Waals surface area contributed by atoms with Gasteiger partial charge < -0.3 is 9.64 Å². The Labute approximate surface area is 157 Å². The highest BCUT2D eigenvalue weighted by Crippen LogP contribution is 2.51. The molecule has 0 radical (unpaired) electrons. The predicted molar refractivity (Wildman–Crippen MR) is 104 cm³/mol. The van der Waals surface area contributed by atoms with Crippen molar-refractivity contribution < 1.29 is 4.74 Å². The van der Waals surface area contributed by atoms with Crippen LogP contribution in [0.25, 0.3) is 0 Å². The molecular formula is C18H23ClN4OS. The molecule has 0 atom stereocenters. The smallest absolute Gasteiger partial charge is 0.298 e. The van der Waals surface area contributed by atoms with Crippen LogP contribution < -0.4 is 4.74 Å². The third-order valence-corrected chi connectivity index (χ3v) is 5.52. The monoisotopic (exact) mass is 378 g/mol. The third kappa shape index (κ3) is 4.12. The van der Waals surface area contributed by atoms with Crippen LogP contribution in [-0.2, 0) is 4.87 Å². The second kappa shape index (κ2) is 6.92. The molecule has 1 heterocycles. The number of halogens is 1. The van der Waals surface area contributed by atoms with Crippen LogP contribution in [0.15, 0.2) is 17.1 Å². The van der Waals surface area contributed by atoms with E-state index in [0.29, 0.717) is 17.1 Å². The van der Waals surface area contributed by atoms with Crippen molar-refractivity contribution in [2.75, 3.05) is 7.05 Å². The summed E-state index contributed by atoms with van der Waals surface area (Å²) in [6.07, 6.45) is 3.72. The minimum Gasteiger partial charge on any atom is -0.430 e. The van der Waals surface area contributed by atoms with Gasteiger partial charge in [0.15, 0.2) is 5.82 Å². The molecule has 0 bridgehead atoms. The van der Waals surface area contributed by atoms with Crippen molar-refractivity contribution in [3.05, 3.63) is 29.1 Å². The van der Waals surface area contributed by atoms with Gasteiger partial charge >= 0.3 is 0 Å². The largest absolute Gasteiger partial charge is 0.430 e. The fourth-order valence-corrected chi connectivity index (χ4v) is 3.03. The van der Waals surface area contributed by atoms with E-state index in [-0.39, 0.29) is 4.87 Å². The Hall–Kier alpha value is -1.66. The molecule has 1 aliphatic rings. The lowest BCUT2D eigenvalue weighted by atomic mass is 10.1. The zero-order valence-electron chi connectivity index (χ0n) is 15.2. The second-order valence-corrected chi connectivity index (χ2v) is 8.30. The van der Waals surface area contributed by atoms with Gasteiger partial charge in [-0.1, -0.05) is 0 Å². The maximum absolute atomic E-state index is 6.35. The van der Waals surface area contributed by atoms with Crippen molar-refractivity contribution in [1.82, 2.24) is 14.3 Å². The molecule has 0 spiro atoms. The fourth-order valence-electron chi connectivity index (χ4n) is 2.17. The molecule has 25 heavy (non-hydrogen) atoms. The molecule has 2 aromatic rings. The molecular weight excluding hydrogens is 356 g/mol. The van der Waals surface area contributed by atoms with E-state index in [1.807, 2.05) is 39.4 Å². The van der Waals surface area contributed by atoms with Crippen LogP contribution in [0.4, 0.5) is 5.69 Å². The number of benzene rings is 1. The average molecular weight is 379 g/mol. The van der Waals surface area contributed by atoms with Crippen LogP contribution in [0.2, 0.25) is 0 Å². The lowest BCUT2D eigenvalue weighted by Gasteiger charge is -2.17. The summed E-state index contributed by atoms with van der Waals surface area (Å²) in [7, 11) is 2.02. The Morgan fingerprint density at radius 1 is 1.32 bits per heavy atom. The first-order valence-electron chi connectivity index (χ1n) is 8.37. The van der Waals surface area contributed by atoms with Crippen molar-refractivity contribution in [2.45, 2.75) is 51.5 Å². The number of hydrogen-bond donors (Lipinski definition) is 0. The van der Waals surface area contributed by atoms with Gasteiger partial charge in [0.05, 0.1) is 12.0 Å². The Morgan fingerprint density at radius 3 is 2.68 bits per heavy atom. The van der Waals surface area contributed by atoms with Crippen molar-refractivity contribution in [2.24, 2.45) is 4.99 Å². The fraction of sp³-hybridized carbons (Fsp3) is 0.500. The molecule has 1 fully saturated rings. The molecule has 7 heteroatoms. The first-order chi connectivity index (χ1) is 11.8. The van der Waals surface area contributed by atoms with Gasteiger partial charge in [0, 0.05) is 24.6 Å². The topological polar surface area (TPSA) is 50.6 Å². The molecule has 0 aliphatic heterocycles. The van der Waals surface area contributed by atoms with Crippen molar-refractivity contribution in [1.29, 1.82) is 0 Å². The quantitative estimate of drug-likeness (QED) is 0.395. The first kappa shape index (κ1) is 18.1. The lowest BCUT2D eigenvalue weighted by Crippen LogP contribution is -2.24. The molecule has 0 saturated heterocycles. The lowest BCUT2D eigenvalue weighted by molar-refractivity contribution is 0.429. The summed E-state index contributed by atoms with van der Waals surface area (Å²) < 4.78 is 10.3. The predicted octanol–water partition coefficient (Wildman–Crippen LogP) is 5.18. The number of nitrogens with zero attached hydrogens (tertiary/aromatic N) is 4. The highest BCUT2D eigenvalue weighted by molar-refractivity contribution is 7.07. The van der Waals surface area contributed by atoms with Gasteiger partial charge in [0.2, 0.25) is 0 Å². The van der Waals surface area contributed by atoms with Crippen LogP contribution >= 0.6 is 23.1 Å². The van der Waals surface area contributed by atoms with E-state index in [1.54, 1.807) is 0 Å². The summed E-state index contributed by atoms with van der Waals surface area (Å²) in [4.78, 5) is 10.7. The molecule has 3 rings (SSSR count). The van der Waals surface area contributed by atoms with Crippen molar-refractivity contribution in [3.63, 3.8) is 0 Å². The molecule has 1 saturated carbocycles. The van der Waals surface area contributed by atoms with E-state index < -0.39 is 0 Å². The number of aryl methyl sites for hydroxylation is 2. The van der Waals surface area contributed by atoms with E-state index in [4.69, 9.17) is 16.3 Å². The van der Waals surface area contributed by atoms with E-state index in [1.165, 1.54) is 11.5 Å². The highest BCUT2D eigenvalue weighted by Gasteiger charge is 2.46. The van der Waals surface area contributed by atoms with E-state index in [0.717, 1.165) is 35.4 Å². The molecule has 5 nitrogen and oxygen atoms in total. The van der Waals surface area contributed by atoms with Crippen LogP contribution in [0.1, 0.15) is 43.6 Å². The normalized spacial score (nSPS) is 15.8. The Morgan fingerprint density at radius 2 is 2.04 bits per heavy atom. The second-order valence-electron chi connectivity index (χ2n) is 6.86. The van der Waals surface area contributed by atoms with Gasteiger partial charge in [-0.15, -0.1) is 11.6 Å². The molecule has 134 valence electrons. The summed E-state index contributed by atoms with van der Waals surface area (Å²) in [6.45, 7) is 8.29. The zero-order chi connectivity index (χ0) is 18.2. The minimum absolute atomic E-state index is 0.357. The number of aromatic nitrogens is 2. The van der Waals surface area contributed by atoms with Crippen LogP contribution in [0.3, 0.4) is 0 Å². The number of hydrogen-bond acceptors (Lipinski definition) is 5. The maximum atomic E-state index is 6.35. The standard InChI is InChI=1S/C18H23ClN4OS/c1-11(2)23(5)10-20-14-8-13(4)15(9-12(14)3)24-17-21-16(22-25-17)18(19)6-7-18/h8-11H,6-7H2,1-5H3/b20-10-. The number of alkyl halides is 1. The average Bonchev–Trinajstić information content (AvgIpc) is 3.12. The Balaban J connectivity index is 1.77. The van der Waals surface area contributed by atoms with Crippen LogP contribution in [0.5, 0.6) is 10.9 Å². The highest BCUT2D eigenvalue weighted by atomic mass is 35.5. The number of ether oxygens (including phenoxy) is 1. The molecule has 1 aromatic heterocycles. The van der Waals surface area contributed by atoms with Gasteiger partial charge in [-0.25, -0.2) is 4.99 Å². The van der Waals surface area contributed by atoms with E-state index in [2.05, 4.69) is 33.1 Å². The van der Waals surface area contributed by atoms with Crippen LogP contribution in [-0.4, -0.2) is 33.7 Å². The summed E-state index contributed by atoms with van der Waals surface area (Å²) >= 11 is 7.60. The number of rotatable bonds is 6. The molecule has 0 unspecified atom stereocenters. The zero-order valence-corrected chi connectivity index (χ0v) is 16.8. The summed E-state index contributed by atoms with van der Waals surface area (Å²) in [5, 5.41) is 0.528. The molecule has 0 N–H and O–H groups in total. The molecule has 0 amide bonds. The summed E-state index contributed by atoms with van der Waals surface area (Å²) in [6, 6.07) is 4.43. The van der Waals surface area contributed by atoms with Gasteiger partial charge in [-0.3, -0.25) is 0 Å². The Bertz CT molecular complexity index is 798. The van der Waals surface area contributed by atoms with Gasteiger partial charge in [-0.05, 0) is 63.8 Å². The SMILES string of the molecule is Cc1cc(Oc2nc(C3(Cl)CC3)ns2)c(C)cc1/N=C\N(C)C(C)C. The van der Waals surface area contributed by atoms with Gasteiger partial charge in [0.25, 0.3) is 5.19 Å². The van der Waals surface area contributed by atoms with Crippen molar-refractivity contribution in [3.8, 4) is 10.9 Å². The van der Waals surface area contributed by atoms with Gasteiger partial charge in [-0.2, -0.15) is 9.36 Å².